The first kappa shape index (κ1) is 17.5. The quantitative estimate of drug-likeness (QED) is 0.384. The molecule has 0 fully saturated rings. The predicted octanol–water partition coefficient (Wildman–Crippen LogP) is 1.06. The molecule has 7 nitrogen and oxygen atoms in total. The molecule has 16 heavy (non-hydrogen) atoms. The number of aliphatic carboxylic acids is 1. The molecule has 0 aromatic rings. The second-order valence-electron chi connectivity index (χ2n) is 2.85. The van der Waals surface area contributed by atoms with E-state index in [9.17, 15) is 9.36 Å². The van der Waals surface area contributed by atoms with Gasteiger partial charge in [0.2, 0.25) is 0 Å². The molecule has 0 aliphatic carbocycles. The van der Waals surface area contributed by atoms with Gasteiger partial charge < -0.3 is 19.7 Å². The Kier molecular flexibility index (Phi) is 10.2. The lowest BCUT2D eigenvalue weighted by atomic mass is 10.4. The van der Waals surface area contributed by atoms with Gasteiger partial charge in [-0.1, -0.05) is 31.8 Å². The number of carboxylic acid groups (broad SMARTS) is 1. The number of unbranched alkanes of at least 4 members (excludes halogenated alkanes) is 1. The molecule has 0 aliphatic heterocycles. The summed E-state index contributed by atoms with van der Waals surface area (Å²) in [5.41, 5.74) is -0.703. The van der Waals surface area contributed by atoms with Crippen molar-refractivity contribution in [3.05, 3.63) is 0 Å². The van der Waals surface area contributed by atoms with Crippen LogP contribution in [-0.2, 0) is 14.2 Å². The Hall–Kier alpha value is -0.910. The lowest BCUT2D eigenvalue weighted by molar-refractivity contribution is -0.129. The maximum Gasteiger partial charge on any atom is 0.354 e. The Balaban J connectivity index is 0. The van der Waals surface area contributed by atoms with Crippen LogP contribution in [0.25, 0.3) is 0 Å². The van der Waals surface area contributed by atoms with E-state index in [0.29, 0.717) is 0 Å². The van der Waals surface area contributed by atoms with Gasteiger partial charge in [-0.3, -0.25) is 4.57 Å². The predicted molar refractivity (Wildman–Crippen MR) is 59.6 cm³/mol. The summed E-state index contributed by atoms with van der Waals surface area (Å²) in [6, 6.07) is 0. The third-order valence-corrected chi connectivity index (χ3v) is 2.02. The molecule has 0 heterocycles. The number of carbonyl (C=O) groups is 1. The average molecular weight is 255 g/mol. The lowest BCUT2D eigenvalue weighted by Gasteiger charge is -2.01. The zero-order chi connectivity index (χ0) is 13.2. The molecule has 0 saturated heterocycles. The van der Waals surface area contributed by atoms with Crippen molar-refractivity contribution < 1.29 is 29.1 Å². The van der Waals surface area contributed by atoms with Crippen molar-refractivity contribution in [2.45, 2.75) is 26.7 Å². The second-order valence-corrected chi connectivity index (χ2v) is 4.49. The van der Waals surface area contributed by atoms with Crippen LogP contribution in [0.1, 0.15) is 26.7 Å². The first-order chi connectivity index (χ1) is 7.28. The Bertz CT molecular complexity index is 270. The highest BCUT2D eigenvalue weighted by molar-refractivity contribution is 7.53. The van der Waals surface area contributed by atoms with Crippen molar-refractivity contribution in [2.75, 3.05) is 13.3 Å². The van der Waals surface area contributed by atoms with E-state index in [1.807, 2.05) is 0 Å². The van der Waals surface area contributed by atoms with Crippen molar-refractivity contribution in [1.82, 2.24) is 0 Å². The summed E-state index contributed by atoms with van der Waals surface area (Å²) in [7, 11) is -3.31. The molecular formula is C8H18NO6P. The molecule has 0 aliphatic rings. The second kappa shape index (κ2) is 9.33. The van der Waals surface area contributed by atoms with Crippen LogP contribution in [0.5, 0.6) is 0 Å². The Morgan fingerprint density at radius 2 is 1.75 bits per heavy atom. The van der Waals surface area contributed by atoms with Gasteiger partial charge in [-0.05, 0) is 0 Å². The van der Waals surface area contributed by atoms with Crippen molar-refractivity contribution >= 4 is 19.3 Å². The van der Waals surface area contributed by atoms with Gasteiger partial charge in [-0.15, -0.1) is 0 Å². The van der Waals surface area contributed by atoms with Gasteiger partial charge in [0.25, 0.3) is 0 Å². The molecular weight excluding hydrogens is 237 g/mol. The summed E-state index contributed by atoms with van der Waals surface area (Å²) in [6.45, 7) is 4.36. The van der Waals surface area contributed by atoms with Crippen molar-refractivity contribution in [2.24, 2.45) is 5.16 Å². The molecule has 0 rings (SSSR count). The van der Waals surface area contributed by atoms with Crippen LogP contribution in [0.3, 0.4) is 0 Å². The molecule has 0 aromatic heterocycles. The summed E-state index contributed by atoms with van der Waals surface area (Å²) in [6.07, 6.45) is 1.70. The van der Waals surface area contributed by atoms with E-state index in [0.717, 1.165) is 7.11 Å². The molecule has 0 saturated carbocycles. The van der Waals surface area contributed by atoms with E-state index in [1.54, 1.807) is 0 Å². The largest absolute Gasteiger partial charge is 0.477 e. The molecule has 0 radical (unpaired) electrons. The summed E-state index contributed by atoms with van der Waals surface area (Å²) in [4.78, 5) is 31.0. The van der Waals surface area contributed by atoms with Crippen LogP contribution >= 0.6 is 7.60 Å². The SMILES string of the molecule is CCCC.CO/N=C(/CP(=O)(O)O)C(=O)O. The number of oxime groups is 1. The van der Waals surface area contributed by atoms with Crippen LogP contribution in [0.2, 0.25) is 0 Å². The average Bonchev–Trinajstić information content (AvgIpc) is 2.15. The zero-order valence-electron chi connectivity index (χ0n) is 9.58. The molecule has 0 spiro atoms. The topological polar surface area (TPSA) is 116 Å². The molecule has 8 heteroatoms. The van der Waals surface area contributed by atoms with Crippen LogP contribution in [0, 0.1) is 0 Å². The Morgan fingerprint density at radius 1 is 1.31 bits per heavy atom. The summed E-state index contributed by atoms with van der Waals surface area (Å²) in [5.74, 6) is -1.51. The smallest absolute Gasteiger partial charge is 0.354 e. The van der Waals surface area contributed by atoms with Crippen LogP contribution in [-0.4, -0.2) is 39.8 Å². The Labute approximate surface area is 94.3 Å². The fraction of sp³-hybridized carbons (Fsp3) is 0.750. The molecule has 0 aromatic carbocycles. The molecule has 3 N–H and O–H groups in total. The zero-order valence-corrected chi connectivity index (χ0v) is 10.5. The number of nitrogens with zero attached hydrogens (tertiary/aromatic N) is 1. The van der Waals surface area contributed by atoms with Gasteiger partial charge >= 0.3 is 13.6 Å². The van der Waals surface area contributed by atoms with E-state index in [-0.39, 0.29) is 0 Å². The molecule has 0 amide bonds. The van der Waals surface area contributed by atoms with E-state index < -0.39 is 25.4 Å². The molecule has 0 atom stereocenters. The van der Waals surface area contributed by atoms with E-state index >= 15 is 0 Å². The summed E-state index contributed by atoms with van der Waals surface area (Å²) >= 11 is 0. The highest BCUT2D eigenvalue weighted by Gasteiger charge is 2.22. The van der Waals surface area contributed by atoms with Crippen molar-refractivity contribution in [3.8, 4) is 0 Å². The fourth-order valence-electron chi connectivity index (χ4n) is 0.441. The monoisotopic (exact) mass is 255 g/mol. The summed E-state index contributed by atoms with van der Waals surface area (Å²) in [5, 5.41) is 11.2. The number of hydrogen-bond acceptors (Lipinski definition) is 4. The maximum absolute atomic E-state index is 10.3. The summed E-state index contributed by atoms with van der Waals surface area (Å²) < 4.78 is 10.3. The Morgan fingerprint density at radius 3 is 1.94 bits per heavy atom. The van der Waals surface area contributed by atoms with Crippen molar-refractivity contribution in [1.29, 1.82) is 0 Å². The van der Waals surface area contributed by atoms with Crippen LogP contribution in [0.4, 0.5) is 0 Å². The van der Waals surface area contributed by atoms with E-state index in [4.69, 9.17) is 14.9 Å². The van der Waals surface area contributed by atoms with Gasteiger partial charge in [0.05, 0.1) is 0 Å². The standard InChI is InChI=1S/C4H8NO6P.C4H10/c1-11-5-3(4(6)7)2-12(8,9)10;1-3-4-2/h2H2,1H3,(H,6,7)(H2,8,9,10);3-4H2,1-2H3/b5-3-;. The fourth-order valence-corrected chi connectivity index (χ4v) is 1.02. The van der Waals surface area contributed by atoms with E-state index in [2.05, 4.69) is 23.8 Å². The van der Waals surface area contributed by atoms with Gasteiger partial charge in [-0.2, -0.15) is 0 Å². The van der Waals surface area contributed by atoms with Gasteiger partial charge in [-0.25, -0.2) is 4.79 Å². The number of hydrogen-bond donors (Lipinski definition) is 3. The van der Waals surface area contributed by atoms with E-state index in [1.165, 1.54) is 12.8 Å². The third-order valence-electron chi connectivity index (χ3n) is 1.30. The normalized spacial score (nSPS) is 11.4. The number of carboxylic acids is 1. The number of rotatable bonds is 5. The first-order valence-electron chi connectivity index (χ1n) is 4.66. The third kappa shape index (κ3) is 13.1. The molecule has 0 unspecified atom stereocenters. The highest BCUT2D eigenvalue weighted by Crippen LogP contribution is 2.34. The van der Waals surface area contributed by atoms with Gasteiger partial charge in [0.1, 0.15) is 13.3 Å². The minimum atomic E-state index is -4.40. The maximum atomic E-state index is 10.3. The molecule has 0 bridgehead atoms. The van der Waals surface area contributed by atoms with Crippen LogP contribution < -0.4 is 0 Å². The minimum absolute atomic E-state index is 0.703. The minimum Gasteiger partial charge on any atom is -0.477 e. The lowest BCUT2D eigenvalue weighted by Crippen LogP contribution is -2.17. The highest BCUT2D eigenvalue weighted by atomic mass is 31.2. The van der Waals surface area contributed by atoms with Gasteiger partial charge in [0, 0.05) is 0 Å². The molecule has 96 valence electrons. The van der Waals surface area contributed by atoms with Crippen LogP contribution in [0.15, 0.2) is 5.16 Å². The van der Waals surface area contributed by atoms with Gasteiger partial charge in [0.15, 0.2) is 5.71 Å². The van der Waals surface area contributed by atoms with Crippen molar-refractivity contribution in [3.63, 3.8) is 0 Å². The first-order valence-corrected chi connectivity index (χ1v) is 6.46.